The Bertz CT molecular complexity index is 1350. The molecule has 0 saturated carbocycles. The second kappa shape index (κ2) is 6.82. The average Bonchev–Trinajstić information content (AvgIpc) is 3.09. The molecule has 5 heteroatoms. The van der Waals surface area contributed by atoms with E-state index in [-0.39, 0.29) is 0 Å². The molecule has 0 aliphatic carbocycles. The van der Waals surface area contributed by atoms with Gasteiger partial charge in [-0.2, -0.15) is 0 Å². The second-order valence-electron chi connectivity index (χ2n) is 7.02. The molecule has 0 spiro atoms. The molecule has 2 heterocycles. The minimum atomic E-state index is 0.613. The third-order valence-corrected chi connectivity index (χ3v) is 5.25. The number of rotatable bonds is 3. The van der Waals surface area contributed by atoms with E-state index in [4.69, 9.17) is 5.53 Å². The summed E-state index contributed by atoms with van der Waals surface area (Å²) in [6.07, 6.45) is 3.78. The van der Waals surface area contributed by atoms with Crippen molar-refractivity contribution in [1.29, 1.82) is 0 Å². The number of hydrogen-bond donors (Lipinski definition) is 0. The third-order valence-electron chi connectivity index (χ3n) is 5.25. The van der Waals surface area contributed by atoms with Crippen LogP contribution in [0, 0.1) is 0 Å². The number of fused-ring (bicyclic) bond motifs is 3. The molecular formula is C24H18N5+. The lowest BCUT2D eigenvalue weighted by Gasteiger charge is -2.10. The molecule has 0 N–H and O–H groups in total. The van der Waals surface area contributed by atoms with Gasteiger partial charge in [0.2, 0.25) is 0 Å². The maximum Gasteiger partial charge on any atom is 0.178 e. The van der Waals surface area contributed by atoms with Crippen LogP contribution in [0.2, 0.25) is 0 Å². The van der Waals surface area contributed by atoms with Gasteiger partial charge >= 0.3 is 0 Å². The van der Waals surface area contributed by atoms with Gasteiger partial charge in [-0.25, -0.2) is 4.57 Å². The van der Waals surface area contributed by atoms with Gasteiger partial charge in [0.25, 0.3) is 0 Å². The summed E-state index contributed by atoms with van der Waals surface area (Å²) in [7, 11) is 1.91. The van der Waals surface area contributed by atoms with Crippen molar-refractivity contribution in [1.82, 2.24) is 4.57 Å². The second-order valence-corrected chi connectivity index (χ2v) is 7.02. The molecule has 0 amide bonds. The molecule has 0 aliphatic rings. The van der Waals surface area contributed by atoms with Crippen LogP contribution >= 0.6 is 0 Å². The predicted molar refractivity (Wildman–Crippen MR) is 116 cm³/mol. The van der Waals surface area contributed by atoms with E-state index in [1.165, 1.54) is 21.8 Å². The Morgan fingerprint density at radius 1 is 0.828 bits per heavy atom. The van der Waals surface area contributed by atoms with E-state index in [1.807, 2.05) is 30.1 Å². The molecule has 2 aromatic heterocycles. The van der Waals surface area contributed by atoms with Crippen LogP contribution in [0.25, 0.3) is 49.1 Å². The smallest absolute Gasteiger partial charge is 0.178 e. The molecule has 5 rings (SSSR count). The van der Waals surface area contributed by atoms with E-state index in [0.29, 0.717) is 5.69 Å². The summed E-state index contributed by atoms with van der Waals surface area (Å²) in [6.45, 7) is 0. The molecule has 0 unspecified atom stereocenters. The van der Waals surface area contributed by atoms with Crippen molar-refractivity contribution in [3.8, 4) is 16.8 Å². The summed E-state index contributed by atoms with van der Waals surface area (Å²) in [5.74, 6) is 0. The molecule has 0 radical (unpaired) electrons. The first kappa shape index (κ1) is 17.0. The van der Waals surface area contributed by atoms with Gasteiger partial charge in [0.05, 0.1) is 11.0 Å². The minimum absolute atomic E-state index is 0.613. The number of aryl methyl sites for hydroxylation is 1. The summed E-state index contributed by atoms with van der Waals surface area (Å²) >= 11 is 0. The van der Waals surface area contributed by atoms with Crippen molar-refractivity contribution in [3.63, 3.8) is 0 Å². The SMILES string of the molecule is C[n+]1ccc(-c2ccc(-n3c4ccccc4c4ccccc43)cc2)c(N=[N+]=[N-])c1. The molecule has 0 bridgehead atoms. The average molecular weight is 376 g/mol. The van der Waals surface area contributed by atoms with Gasteiger partial charge < -0.3 is 4.57 Å². The van der Waals surface area contributed by atoms with Gasteiger partial charge in [-0.05, 0) is 35.4 Å². The fourth-order valence-electron chi connectivity index (χ4n) is 3.95. The lowest BCUT2D eigenvalue weighted by molar-refractivity contribution is -0.670. The zero-order chi connectivity index (χ0) is 19.8. The van der Waals surface area contributed by atoms with Gasteiger partial charge in [-0.15, -0.1) is 0 Å². The summed E-state index contributed by atoms with van der Waals surface area (Å²) in [6, 6.07) is 27.3. The van der Waals surface area contributed by atoms with Gasteiger partial charge in [-0.1, -0.05) is 53.6 Å². The number of para-hydroxylation sites is 2. The first-order valence-corrected chi connectivity index (χ1v) is 9.39. The fraction of sp³-hybridized carbons (Fsp3) is 0.0417. The predicted octanol–water partition coefficient (Wildman–Crippen LogP) is 6.22. The number of aromatic nitrogens is 2. The standard InChI is InChI=1S/C24H18N5/c1-28-15-14-19(22(16-28)26-27-25)17-10-12-18(13-11-17)29-23-8-4-2-6-20(23)21-7-3-5-9-24(21)29/h2-16H,1H3/q+1. The Labute approximate surface area is 167 Å². The van der Waals surface area contributed by atoms with Crippen LogP contribution < -0.4 is 4.57 Å². The Kier molecular flexibility index (Phi) is 4.01. The number of pyridine rings is 1. The molecule has 0 aliphatic heterocycles. The molecular weight excluding hydrogens is 358 g/mol. The molecule has 29 heavy (non-hydrogen) atoms. The number of benzene rings is 3. The van der Waals surface area contributed by atoms with Crippen molar-refractivity contribution < 1.29 is 4.57 Å². The highest BCUT2D eigenvalue weighted by Crippen LogP contribution is 2.33. The highest BCUT2D eigenvalue weighted by molar-refractivity contribution is 6.09. The molecule has 0 fully saturated rings. The van der Waals surface area contributed by atoms with Crippen molar-refractivity contribution in [2.24, 2.45) is 12.2 Å². The third kappa shape index (κ3) is 2.81. The van der Waals surface area contributed by atoms with Crippen LogP contribution in [0.15, 0.2) is 96.4 Å². The van der Waals surface area contributed by atoms with Gasteiger partial charge in [0.1, 0.15) is 12.7 Å². The highest BCUT2D eigenvalue weighted by atomic mass is 15.1. The molecule has 0 atom stereocenters. The maximum absolute atomic E-state index is 8.90. The fourth-order valence-corrected chi connectivity index (χ4v) is 3.95. The summed E-state index contributed by atoms with van der Waals surface area (Å²) in [5, 5.41) is 6.34. The van der Waals surface area contributed by atoms with E-state index in [9.17, 15) is 0 Å². The van der Waals surface area contributed by atoms with E-state index >= 15 is 0 Å². The molecule has 3 aromatic carbocycles. The first-order valence-electron chi connectivity index (χ1n) is 9.39. The monoisotopic (exact) mass is 376 g/mol. The van der Waals surface area contributed by atoms with E-state index in [0.717, 1.165) is 16.8 Å². The van der Waals surface area contributed by atoms with Crippen molar-refractivity contribution in [2.75, 3.05) is 0 Å². The number of azide groups is 1. The van der Waals surface area contributed by atoms with Crippen LogP contribution in [-0.4, -0.2) is 4.57 Å². The van der Waals surface area contributed by atoms with Crippen molar-refractivity contribution in [3.05, 3.63) is 102 Å². The molecule has 138 valence electrons. The Morgan fingerprint density at radius 2 is 1.45 bits per heavy atom. The highest BCUT2D eigenvalue weighted by Gasteiger charge is 2.12. The van der Waals surface area contributed by atoms with E-state index in [2.05, 4.69) is 87.4 Å². The topological polar surface area (TPSA) is 57.6 Å². The van der Waals surface area contributed by atoms with Gasteiger partial charge in [0.15, 0.2) is 12.4 Å². The number of nitrogens with zero attached hydrogens (tertiary/aromatic N) is 5. The number of hydrogen-bond acceptors (Lipinski definition) is 1. The van der Waals surface area contributed by atoms with Gasteiger partial charge in [0, 0.05) is 33.0 Å². The quantitative estimate of drug-likeness (QED) is 0.155. The maximum atomic E-state index is 8.90. The summed E-state index contributed by atoms with van der Waals surface area (Å²) < 4.78 is 4.16. The Morgan fingerprint density at radius 3 is 2.07 bits per heavy atom. The van der Waals surface area contributed by atoms with E-state index < -0.39 is 0 Å². The summed E-state index contributed by atoms with van der Waals surface area (Å²) in [4.78, 5) is 2.97. The largest absolute Gasteiger partial charge is 0.309 e. The van der Waals surface area contributed by atoms with Crippen LogP contribution in [0.3, 0.4) is 0 Å². The zero-order valence-electron chi connectivity index (χ0n) is 15.9. The molecule has 5 nitrogen and oxygen atoms in total. The molecule has 0 saturated heterocycles. The first-order chi connectivity index (χ1) is 14.3. The Hall–Kier alpha value is -4.08. The summed E-state index contributed by atoms with van der Waals surface area (Å²) in [5.41, 5.74) is 14.9. The lowest BCUT2D eigenvalue weighted by Crippen LogP contribution is -2.25. The van der Waals surface area contributed by atoms with Crippen LogP contribution in [0.5, 0.6) is 0 Å². The Balaban J connectivity index is 1.68. The van der Waals surface area contributed by atoms with Crippen molar-refractivity contribution in [2.45, 2.75) is 0 Å². The van der Waals surface area contributed by atoms with Crippen LogP contribution in [0.4, 0.5) is 5.69 Å². The normalized spacial score (nSPS) is 10.9. The minimum Gasteiger partial charge on any atom is -0.309 e. The zero-order valence-corrected chi connectivity index (χ0v) is 15.9. The van der Waals surface area contributed by atoms with Crippen LogP contribution in [-0.2, 0) is 7.05 Å². The van der Waals surface area contributed by atoms with Gasteiger partial charge in [-0.3, -0.25) is 0 Å². The molecule has 5 aromatic rings. The lowest BCUT2D eigenvalue weighted by atomic mass is 10.1. The van der Waals surface area contributed by atoms with Crippen molar-refractivity contribution >= 4 is 27.5 Å². The van der Waals surface area contributed by atoms with E-state index in [1.54, 1.807) is 0 Å². The van der Waals surface area contributed by atoms with Crippen LogP contribution in [0.1, 0.15) is 0 Å².